The summed E-state index contributed by atoms with van der Waals surface area (Å²) in [4.78, 5) is 1.08. The van der Waals surface area contributed by atoms with Gasteiger partial charge in [-0.25, -0.2) is 13.1 Å². The number of ether oxygens (including phenoxy) is 1. The number of sulfonamides is 1. The lowest BCUT2D eigenvalue weighted by molar-refractivity contribution is 0.178. The Morgan fingerprint density at radius 1 is 1.45 bits per heavy atom. The van der Waals surface area contributed by atoms with Gasteiger partial charge < -0.3 is 10.1 Å². The third-order valence-corrected chi connectivity index (χ3v) is 6.57. The molecule has 1 aromatic heterocycles. The molecule has 7 heteroatoms. The molecule has 5 nitrogen and oxygen atoms in total. The lowest BCUT2D eigenvalue weighted by Crippen LogP contribution is -2.46. The standard InChI is InChI=1S/C13H22N2O3S2/c1-3-14-8-6-11-4-5-12(19-11)20(16,17)15-13(2)7-9-18-10-13/h4-5,14-15H,3,6-10H2,1-2H3. The maximum absolute atomic E-state index is 12.4. The summed E-state index contributed by atoms with van der Waals surface area (Å²) in [7, 11) is -3.44. The number of thiophene rings is 1. The Hall–Kier alpha value is -0.470. The Morgan fingerprint density at radius 2 is 2.25 bits per heavy atom. The molecule has 0 amide bonds. The molecule has 1 saturated heterocycles. The summed E-state index contributed by atoms with van der Waals surface area (Å²) in [6.45, 7) is 6.78. The van der Waals surface area contributed by atoms with Gasteiger partial charge in [0.25, 0.3) is 10.0 Å². The Labute approximate surface area is 124 Å². The maximum atomic E-state index is 12.4. The van der Waals surface area contributed by atoms with Crippen molar-refractivity contribution in [1.82, 2.24) is 10.0 Å². The minimum Gasteiger partial charge on any atom is -0.379 e. The molecule has 1 atom stereocenters. The van der Waals surface area contributed by atoms with E-state index in [0.717, 1.165) is 24.4 Å². The lowest BCUT2D eigenvalue weighted by Gasteiger charge is -2.22. The molecule has 20 heavy (non-hydrogen) atoms. The third-order valence-electron chi connectivity index (χ3n) is 3.30. The van der Waals surface area contributed by atoms with Crippen molar-refractivity contribution in [3.05, 3.63) is 17.0 Å². The van der Waals surface area contributed by atoms with Crippen molar-refractivity contribution in [2.45, 2.75) is 36.4 Å². The maximum Gasteiger partial charge on any atom is 0.250 e. The summed E-state index contributed by atoms with van der Waals surface area (Å²) in [6, 6.07) is 3.58. The summed E-state index contributed by atoms with van der Waals surface area (Å²) in [5.74, 6) is 0. The zero-order valence-electron chi connectivity index (χ0n) is 11.9. The molecule has 2 heterocycles. The first-order valence-corrected chi connectivity index (χ1v) is 9.16. The van der Waals surface area contributed by atoms with Crippen molar-refractivity contribution in [2.75, 3.05) is 26.3 Å². The average Bonchev–Trinajstić information content (AvgIpc) is 2.98. The summed E-state index contributed by atoms with van der Waals surface area (Å²) in [6.07, 6.45) is 1.57. The molecule has 0 aromatic carbocycles. The Morgan fingerprint density at radius 3 is 2.90 bits per heavy atom. The molecule has 0 spiro atoms. The van der Waals surface area contributed by atoms with Crippen LogP contribution in [0.15, 0.2) is 16.3 Å². The second-order valence-corrected chi connectivity index (χ2v) is 8.37. The summed E-state index contributed by atoms with van der Waals surface area (Å²) < 4.78 is 33.2. The van der Waals surface area contributed by atoms with E-state index in [1.165, 1.54) is 11.3 Å². The molecule has 2 N–H and O–H groups in total. The molecular weight excluding hydrogens is 296 g/mol. The second-order valence-electron chi connectivity index (χ2n) is 5.29. The van der Waals surface area contributed by atoms with Crippen molar-refractivity contribution in [2.24, 2.45) is 0 Å². The minimum absolute atomic E-state index is 0.386. The van der Waals surface area contributed by atoms with Crippen LogP contribution in [0.1, 0.15) is 25.1 Å². The van der Waals surface area contributed by atoms with Gasteiger partial charge in [-0.3, -0.25) is 0 Å². The summed E-state index contributed by atoms with van der Waals surface area (Å²) in [5, 5.41) is 3.23. The highest BCUT2D eigenvalue weighted by molar-refractivity contribution is 7.91. The molecule has 1 unspecified atom stereocenters. The van der Waals surface area contributed by atoms with Crippen molar-refractivity contribution < 1.29 is 13.2 Å². The molecule has 1 aromatic rings. The van der Waals surface area contributed by atoms with E-state index in [0.29, 0.717) is 23.8 Å². The number of hydrogen-bond acceptors (Lipinski definition) is 5. The first kappa shape index (κ1) is 15.9. The van der Waals surface area contributed by atoms with Crippen LogP contribution in [0.5, 0.6) is 0 Å². The number of rotatable bonds is 7. The molecule has 0 bridgehead atoms. The highest BCUT2D eigenvalue weighted by Gasteiger charge is 2.35. The van der Waals surface area contributed by atoms with Crippen LogP contribution in [0.2, 0.25) is 0 Å². The predicted octanol–water partition coefficient (Wildman–Crippen LogP) is 1.36. The molecule has 1 aliphatic rings. The number of hydrogen-bond donors (Lipinski definition) is 2. The Bertz CT molecular complexity index is 534. The van der Waals surface area contributed by atoms with E-state index in [-0.39, 0.29) is 0 Å². The monoisotopic (exact) mass is 318 g/mol. The van der Waals surface area contributed by atoms with Crippen molar-refractivity contribution >= 4 is 21.4 Å². The van der Waals surface area contributed by atoms with Gasteiger partial charge in [0.15, 0.2) is 0 Å². The van der Waals surface area contributed by atoms with Gasteiger partial charge in [0.1, 0.15) is 4.21 Å². The van der Waals surface area contributed by atoms with Gasteiger partial charge in [-0.2, -0.15) is 0 Å². The van der Waals surface area contributed by atoms with Crippen LogP contribution >= 0.6 is 11.3 Å². The molecule has 0 aliphatic carbocycles. The fourth-order valence-corrected chi connectivity index (χ4v) is 4.92. The minimum atomic E-state index is -3.44. The van der Waals surface area contributed by atoms with Crippen molar-refractivity contribution in [1.29, 1.82) is 0 Å². The summed E-state index contributed by atoms with van der Waals surface area (Å²) in [5.41, 5.74) is -0.479. The van der Waals surface area contributed by atoms with Crippen molar-refractivity contribution in [3.63, 3.8) is 0 Å². The highest BCUT2D eigenvalue weighted by Crippen LogP contribution is 2.25. The van der Waals surface area contributed by atoms with E-state index in [2.05, 4.69) is 17.0 Å². The summed E-state index contributed by atoms with van der Waals surface area (Å²) >= 11 is 1.34. The van der Waals surface area contributed by atoms with Gasteiger partial charge >= 0.3 is 0 Å². The largest absolute Gasteiger partial charge is 0.379 e. The second kappa shape index (κ2) is 6.53. The first-order chi connectivity index (χ1) is 9.45. The topological polar surface area (TPSA) is 67.4 Å². The third kappa shape index (κ3) is 4.02. The lowest BCUT2D eigenvalue weighted by atomic mass is 10.0. The van der Waals surface area contributed by atoms with Crippen LogP contribution in [-0.4, -0.2) is 40.3 Å². The van der Waals surface area contributed by atoms with Crippen LogP contribution in [0, 0.1) is 0 Å². The highest BCUT2D eigenvalue weighted by atomic mass is 32.2. The molecule has 0 saturated carbocycles. The Balaban J connectivity index is 2.02. The van der Waals surface area contributed by atoms with Gasteiger partial charge in [-0.1, -0.05) is 6.92 Å². The van der Waals surface area contributed by atoms with Gasteiger partial charge in [-0.05, 0) is 45.0 Å². The van der Waals surface area contributed by atoms with Crippen LogP contribution in [-0.2, 0) is 21.2 Å². The predicted molar refractivity (Wildman–Crippen MR) is 80.7 cm³/mol. The van der Waals surface area contributed by atoms with Crippen LogP contribution < -0.4 is 10.0 Å². The van der Waals surface area contributed by atoms with E-state index in [1.807, 2.05) is 13.0 Å². The quantitative estimate of drug-likeness (QED) is 0.745. The van der Waals surface area contributed by atoms with E-state index in [9.17, 15) is 8.42 Å². The van der Waals surface area contributed by atoms with E-state index >= 15 is 0 Å². The van der Waals surface area contributed by atoms with Crippen molar-refractivity contribution in [3.8, 4) is 0 Å². The van der Waals surface area contributed by atoms with Crippen LogP contribution in [0.25, 0.3) is 0 Å². The van der Waals surface area contributed by atoms with Gasteiger partial charge in [0, 0.05) is 11.5 Å². The molecule has 1 fully saturated rings. The fourth-order valence-electron chi connectivity index (χ4n) is 2.15. The van der Waals surface area contributed by atoms with Gasteiger partial charge in [-0.15, -0.1) is 11.3 Å². The van der Waals surface area contributed by atoms with E-state index < -0.39 is 15.6 Å². The molecule has 0 radical (unpaired) electrons. The average molecular weight is 318 g/mol. The molecular formula is C13H22N2O3S2. The van der Waals surface area contributed by atoms with E-state index in [1.54, 1.807) is 6.07 Å². The molecule has 1 aliphatic heterocycles. The first-order valence-electron chi connectivity index (χ1n) is 6.86. The number of likely N-dealkylation sites (N-methyl/N-ethyl adjacent to an activating group) is 1. The van der Waals surface area contributed by atoms with Gasteiger partial charge in [0.05, 0.1) is 12.1 Å². The zero-order valence-corrected chi connectivity index (χ0v) is 13.6. The molecule has 2 rings (SSSR count). The normalized spacial score (nSPS) is 23.3. The van der Waals surface area contributed by atoms with Gasteiger partial charge in [0.2, 0.25) is 0 Å². The van der Waals surface area contributed by atoms with E-state index in [4.69, 9.17) is 4.74 Å². The molecule has 114 valence electrons. The van der Waals surface area contributed by atoms with Crippen LogP contribution in [0.4, 0.5) is 0 Å². The number of nitrogens with one attached hydrogen (secondary N) is 2. The van der Waals surface area contributed by atoms with Crippen LogP contribution in [0.3, 0.4) is 0 Å². The SMILES string of the molecule is CCNCCc1ccc(S(=O)(=O)NC2(C)CCOC2)s1. The smallest absolute Gasteiger partial charge is 0.250 e. The zero-order chi connectivity index (χ0) is 14.6. The fraction of sp³-hybridized carbons (Fsp3) is 0.692. The Kier molecular flexibility index (Phi) is 5.19.